The summed E-state index contributed by atoms with van der Waals surface area (Å²) in [4.78, 5) is 9.67. The maximum Gasteiger partial charge on any atom is 0.134 e. The van der Waals surface area contributed by atoms with Crippen LogP contribution in [0.5, 0.6) is 0 Å². The van der Waals surface area contributed by atoms with E-state index in [1.807, 2.05) is 6.20 Å². The number of rotatable bonds is 4. The molecule has 1 atom stereocenters. The van der Waals surface area contributed by atoms with Crippen LogP contribution in [0.4, 0.5) is 0 Å². The first-order valence-electron chi connectivity index (χ1n) is 8.75. The van der Waals surface area contributed by atoms with Crippen LogP contribution in [-0.2, 0) is 11.8 Å². The minimum Gasteiger partial charge on any atom is -0.327 e. The van der Waals surface area contributed by atoms with Crippen molar-refractivity contribution in [1.29, 1.82) is 0 Å². The second-order valence-corrected chi connectivity index (χ2v) is 7.94. The largest absolute Gasteiger partial charge is 0.327 e. The van der Waals surface area contributed by atoms with E-state index in [4.69, 9.17) is 15.7 Å². The van der Waals surface area contributed by atoms with Crippen molar-refractivity contribution < 1.29 is 0 Å². The predicted molar refractivity (Wildman–Crippen MR) is 83.9 cm³/mol. The fourth-order valence-corrected chi connectivity index (χ4v) is 5.56. The van der Waals surface area contributed by atoms with Crippen molar-refractivity contribution in [3.63, 3.8) is 0 Å². The highest BCUT2D eigenvalue weighted by atomic mass is 14.9. The molecule has 4 aliphatic rings. The second kappa shape index (κ2) is 5.05. The molecule has 4 bridgehead atoms. The van der Waals surface area contributed by atoms with Crippen LogP contribution in [0.15, 0.2) is 12.3 Å². The molecule has 0 amide bonds. The van der Waals surface area contributed by atoms with Gasteiger partial charge in [-0.3, -0.25) is 0 Å². The van der Waals surface area contributed by atoms with Crippen molar-refractivity contribution in [2.45, 2.75) is 69.7 Å². The molecule has 1 heterocycles. The molecule has 4 fully saturated rings. The average Bonchev–Trinajstić information content (AvgIpc) is 2.46. The quantitative estimate of drug-likeness (QED) is 0.924. The summed E-state index contributed by atoms with van der Waals surface area (Å²) in [5.74, 6) is 3.98. The van der Waals surface area contributed by atoms with Gasteiger partial charge in [-0.1, -0.05) is 6.92 Å². The van der Waals surface area contributed by atoms with Gasteiger partial charge >= 0.3 is 0 Å². The van der Waals surface area contributed by atoms with Gasteiger partial charge in [0.05, 0.1) is 0 Å². The summed E-state index contributed by atoms with van der Waals surface area (Å²) in [6, 6.07) is 2.28. The molecule has 1 aromatic rings. The molecule has 0 aromatic carbocycles. The third kappa shape index (κ3) is 2.40. The van der Waals surface area contributed by atoms with Crippen molar-refractivity contribution in [2.24, 2.45) is 23.5 Å². The van der Waals surface area contributed by atoms with Crippen molar-refractivity contribution in [2.75, 3.05) is 0 Å². The molecule has 0 radical (unpaired) electrons. The van der Waals surface area contributed by atoms with Gasteiger partial charge in [-0.15, -0.1) is 0 Å². The molecule has 5 rings (SSSR count). The maximum atomic E-state index is 6.10. The van der Waals surface area contributed by atoms with Crippen LogP contribution in [0.25, 0.3) is 0 Å². The molecule has 0 saturated heterocycles. The first kappa shape index (κ1) is 13.7. The molecule has 3 heteroatoms. The lowest BCUT2D eigenvalue weighted by molar-refractivity contribution is -0.00950. The SMILES string of the molecule is CCC(N)Cc1ccnc(C23CC4CC(CC(C4)C2)C3)n1. The summed E-state index contributed by atoms with van der Waals surface area (Å²) in [6.07, 6.45) is 12.3. The van der Waals surface area contributed by atoms with E-state index >= 15 is 0 Å². The molecular formula is C18H27N3. The summed E-state index contributed by atoms with van der Waals surface area (Å²) in [7, 11) is 0. The smallest absolute Gasteiger partial charge is 0.134 e. The molecule has 1 aromatic heterocycles. The highest BCUT2D eigenvalue weighted by Crippen LogP contribution is 2.60. The Morgan fingerprint density at radius 1 is 1.19 bits per heavy atom. The third-order valence-corrected chi connectivity index (χ3v) is 6.22. The van der Waals surface area contributed by atoms with Crippen molar-refractivity contribution >= 4 is 0 Å². The maximum absolute atomic E-state index is 6.10. The topological polar surface area (TPSA) is 51.8 Å². The first-order chi connectivity index (χ1) is 10.2. The van der Waals surface area contributed by atoms with Crippen molar-refractivity contribution in [3.05, 3.63) is 23.8 Å². The van der Waals surface area contributed by atoms with Gasteiger partial charge in [0.25, 0.3) is 0 Å². The lowest BCUT2D eigenvalue weighted by atomic mass is 9.49. The Morgan fingerprint density at radius 2 is 1.81 bits per heavy atom. The van der Waals surface area contributed by atoms with E-state index in [0.717, 1.165) is 42.1 Å². The van der Waals surface area contributed by atoms with Crippen molar-refractivity contribution in [3.8, 4) is 0 Å². The van der Waals surface area contributed by atoms with Gasteiger partial charge in [0.15, 0.2) is 0 Å². The van der Waals surface area contributed by atoms with E-state index in [2.05, 4.69) is 13.0 Å². The van der Waals surface area contributed by atoms with Gasteiger partial charge < -0.3 is 5.73 Å². The van der Waals surface area contributed by atoms with Crippen LogP contribution in [0, 0.1) is 17.8 Å². The molecule has 4 aliphatic carbocycles. The Balaban J connectivity index is 1.62. The van der Waals surface area contributed by atoms with E-state index in [-0.39, 0.29) is 6.04 Å². The Morgan fingerprint density at radius 3 is 2.38 bits per heavy atom. The molecule has 0 spiro atoms. The monoisotopic (exact) mass is 285 g/mol. The van der Waals surface area contributed by atoms with Gasteiger partial charge in [-0.2, -0.15) is 0 Å². The zero-order chi connectivity index (χ0) is 14.4. The minimum atomic E-state index is 0.226. The Bertz CT molecular complexity index is 490. The van der Waals surface area contributed by atoms with Gasteiger partial charge in [-0.05, 0) is 68.8 Å². The fourth-order valence-electron chi connectivity index (χ4n) is 5.56. The van der Waals surface area contributed by atoms with Crippen LogP contribution in [-0.4, -0.2) is 16.0 Å². The van der Waals surface area contributed by atoms with Gasteiger partial charge in [0.2, 0.25) is 0 Å². The molecule has 2 N–H and O–H groups in total. The number of nitrogens with zero attached hydrogens (tertiary/aromatic N) is 2. The normalized spacial score (nSPS) is 38.7. The van der Waals surface area contributed by atoms with E-state index in [1.165, 1.54) is 38.5 Å². The molecular weight excluding hydrogens is 258 g/mol. The van der Waals surface area contributed by atoms with E-state index in [9.17, 15) is 0 Å². The standard InChI is InChI=1S/C18H27N3/c1-2-15(19)8-16-3-4-20-17(21-16)18-9-12-5-13(10-18)7-14(6-12)11-18/h3-4,12-15H,2,5-11,19H2,1H3. The molecule has 1 unspecified atom stereocenters. The van der Waals surface area contributed by atoms with Crippen molar-refractivity contribution in [1.82, 2.24) is 9.97 Å². The van der Waals surface area contributed by atoms with Gasteiger partial charge in [-0.25, -0.2) is 9.97 Å². The molecule has 3 nitrogen and oxygen atoms in total. The summed E-state index contributed by atoms with van der Waals surface area (Å²) < 4.78 is 0. The zero-order valence-electron chi connectivity index (χ0n) is 13.1. The summed E-state index contributed by atoms with van der Waals surface area (Å²) in [5.41, 5.74) is 7.55. The molecule has 0 aliphatic heterocycles. The lowest BCUT2D eigenvalue weighted by Gasteiger charge is -2.56. The Hall–Kier alpha value is -0.960. The average molecular weight is 285 g/mol. The van der Waals surface area contributed by atoms with Crippen LogP contribution >= 0.6 is 0 Å². The molecule has 114 valence electrons. The predicted octanol–water partition coefficient (Wildman–Crippen LogP) is 3.22. The van der Waals surface area contributed by atoms with Gasteiger partial charge in [0.1, 0.15) is 5.82 Å². The third-order valence-electron chi connectivity index (χ3n) is 6.22. The van der Waals surface area contributed by atoms with E-state index < -0.39 is 0 Å². The Kier molecular flexibility index (Phi) is 3.29. The summed E-state index contributed by atoms with van der Waals surface area (Å²) >= 11 is 0. The van der Waals surface area contributed by atoms with Crippen LogP contribution < -0.4 is 5.73 Å². The van der Waals surface area contributed by atoms with E-state index in [0.29, 0.717) is 5.41 Å². The van der Waals surface area contributed by atoms with Crippen LogP contribution in [0.2, 0.25) is 0 Å². The molecule has 4 saturated carbocycles. The number of hydrogen-bond acceptors (Lipinski definition) is 3. The van der Waals surface area contributed by atoms with Crippen LogP contribution in [0.3, 0.4) is 0 Å². The number of aromatic nitrogens is 2. The highest BCUT2D eigenvalue weighted by molar-refractivity contribution is 5.19. The second-order valence-electron chi connectivity index (χ2n) is 7.94. The first-order valence-corrected chi connectivity index (χ1v) is 8.75. The minimum absolute atomic E-state index is 0.226. The summed E-state index contributed by atoms with van der Waals surface area (Å²) in [6.45, 7) is 2.14. The number of nitrogens with two attached hydrogens (primary N) is 1. The lowest BCUT2D eigenvalue weighted by Crippen LogP contribution is -2.49. The molecule has 21 heavy (non-hydrogen) atoms. The number of hydrogen-bond donors (Lipinski definition) is 1. The van der Waals surface area contributed by atoms with E-state index in [1.54, 1.807) is 0 Å². The zero-order valence-corrected chi connectivity index (χ0v) is 13.1. The highest BCUT2D eigenvalue weighted by Gasteiger charge is 2.53. The summed E-state index contributed by atoms with van der Waals surface area (Å²) in [5, 5.41) is 0. The van der Waals surface area contributed by atoms with Crippen LogP contribution in [0.1, 0.15) is 63.4 Å². The Labute approximate surface area is 127 Å². The van der Waals surface area contributed by atoms with Gasteiger partial charge in [0, 0.05) is 29.8 Å². The fraction of sp³-hybridized carbons (Fsp3) is 0.778.